The van der Waals surface area contributed by atoms with Gasteiger partial charge in [-0.2, -0.15) is 0 Å². The number of fused-ring (bicyclic) bond motifs is 3. The number of anilines is 1. The van der Waals surface area contributed by atoms with Crippen LogP contribution in [0.2, 0.25) is 0 Å². The Morgan fingerprint density at radius 3 is 2.92 bits per heavy atom. The first-order valence-electron chi connectivity index (χ1n) is 8.38. The van der Waals surface area contributed by atoms with Gasteiger partial charge in [0.15, 0.2) is 0 Å². The van der Waals surface area contributed by atoms with E-state index in [9.17, 15) is 9.18 Å². The molecular formula is C20H19FN2O2. The molecule has 2 aromatic carbocycles. The Bertz CT molecular complexity index is 948. The molecule has 0 saturated heterocycles. The molecule has 1 unspecified atom stereocenters. The normalized spacial score (nSPS) is 16.5. The molecule has 0 radical (unpaired) electrons. The molecule has 128 valence electrons. The third-order valence-electron chi connectivity index (χ3n) is 4.90. The number of para-hydroxylation sites is 1. The maximum absolute atomic E-state index is 13.8. The van der Waals surface area contributed by atoms with E-state index in [4.69, 9.17) is 4.74 Å². The third kappa shape index (κ3) is 2.86. The van der Waals surface area contributed by atoms with Gasteiger partial charge in [0.2, 0.25) is 5.91 Å². The molecule has 0 spiro atoms. The number of nitrogens with one attached hydrogen (secondary N) is 2. The quantitative estimate of drug-likeness (QED) is 0.757. The number of hydrogen-bond donors (Lipinski definition) is 2. The van der Waals surface area contributed by atoms with Crippen molar-refractivity contribution in [3.05, 3.63) is 59.5 Å². The van der Waals surface area contributed by atoms with Crippen LogP contribution in [0.15, 0.2) is 42.5 Å². The molecule has 0 saturated carbocycles. The zero-order chi connectivity index (χ0) is 17.4. The summed E-state index contributed by atoms with van der Waals surface area (Å²) < 4.78 is 19.1. The first kappa shape index (κ1) is 15.7. The van der Waals surface area contributed by atoms with E-state index < -0.39 is 5.82 Å². The molecule has 5 heteroatoms. The summed E-state index contributed by atoms with van der Waals surface area (Å²) >= 11 is 0. The van der Waals surface area contributed by atoms with Crippen LogP contribution in [0.3, 0.4) is 0 Å². The summed E-state index contributed by atoms with van der Waals surface area (Å²) in [7, 11) is 1.64. The smallest absolute Gasteiger partial charge is 0.227 e. The Labute approximate surface area is 145 Å². The molecule has 4 nitrogen and oxygen atoms in total. The van der Waals surface area contributed by atoms with Crippen LogP contribution < -0.4 is 10.1 Å². The number of rotatable bonds is 3. The fourth-order valence-electron chi connectivity index (χ4n) is 3.54. The van der Waals surface area contributed by atoms with Crippen molar-refractivity contribution in [2.24, 2.45) is 5.92 Å². The summed E-state index contributed by atoms with van der Waals surface area (Å²) in [6.07, 6.45) is 2.20. The van der Waals surface area contributed by atoms with Gasteiger partial charge in [0.1, 0.15) is 11.6 Å². The minimum Gasteiger partial charge on any atom is -0.497 e. The third-order valence-corrected chi connectivity index (χ3v) is 4.90. The molecule has 2 N–H and O–H groups in total. The second-order valence-electron chi connectivity index (χ2n) is 6.40. The fourth-order valence-corrected chi connectivity index (χ4v) is 3.54. The Morgan fingerprint density at radius 1 is 1.28 bits per heavy atom. The lowest BCUT2D eigenvalue weighted by Crippen LogP contribution is -2.28. The number of carbonyl (C=O) groups excluding carboxylic acids is 1. The molecule has 0 aliphatic heterocycles. The number of aromatic amines is 1. The van der Waals surface area contributed by atoms with Crippen LogP contribution in [-0.4, -0.2) is 18.0 Å². The fraction of sp³-hybridized carbons (Fsp3) is 0.250. The van der Waals surface area contributed by atoms with Gasteiger partial charge in [-0.3, -0.25) is 4.79 Å². The molecule has 0 bridgehead atoms. The predicted octanol–water partition coefficient (Wildman–Crippen LogP) is 4.06. The van der Waals surface area contributed by atoms with Gasteiger partial charge < -0.3 is 15.0 Å². The number of carbonyl (C=O) groups is 1. The van der Waals surface area contributed by atoms with Crippen LogP contribution in [-0.2, 0) is 17.6 Å². The standard InChI is InChI=1S/C20H19FN2O2/c1-25-13-7-9-18-15(11-13)14-10-12(6-8-17(14)22-18)20(24)23-19-5-3-2-4-16(19)21/h2-5,7,9,11-12,22H,6,8,10H2,1H3,(H,23,24). The Balaban J connectivity index is 1.59. The number of hydrogen-bond acceptors (Lipinski definition) is 2. The van der Waals surface area contributed by atoms with Crippen LogP contribution in [0, 0.1) is 11.7 Å². The van der Waals surface area contributed by atoms with Crippen molar-refractivity contribution in [2.75, 3.05) is 12.4 Å². The topological polar surface area (TPSA) is 54.1 Å². The van der Waals surface area contributed by atoms with Gasteiger partial charge in [-0.25, -0.2) is 4.39 Å². The van der Waals surface area contributed by atoms with Gasteiger partial charge in [0.05, 0.1) is 12.8 Å². The van der Waals surface area contributed by atoms with Crippen LogP contribution in [0.25, 0.3) is 10.9 Å². The average Bonchev–Trinajstić information content (AvgIpc) is 3.00. The molecule has 1 aromatic heterocycles. The van der Waals surface area contributed by atoms with Gasteiger partial charge in [0, 0.05) is 22.5 Å². The number of methoxy groups -OCH3 is 1. The largest absolute Gasteiger partial charge is 0.497 e. The van der Waals surface area contributed by atoms with E-state index in [0.717, 1.165) is 35.1 Å². The highest BCUT2D eigenvalue weighted by Gasteiger charge is 2.28. The summed E-state index contributed by atoms with van der Waals surface area (Å²) in [5.74, 6) is 0.0849. The first-order chi connectivity index (χ1) is 12.2. The number of aryl methyl sites for hydroxylation is 1. The molecule has 0 fully saturated rings. The molecular weight excluding hydrogens is 319 g/mol. The first-order valence-corrected chi connectivity index (χ1v) is 8.38. The van der Waals surface area contributed by atoms with Crippen molar-refractivity contribution in [2.45, 2.75) is 19.3 Å². The SMILES string of the molecule is COc1ccc2[nH]c3c(c2c1)CC(C(=O)Nc1ccccc1F)CC3. The van der Waals surface area contributed by atoms with E-state index in [1.165, 1.54) is 11.8 Å². The van der Waals surface area contributed by atoms with Crippen molar-refractivity contribution >= 4 is 22.5 Å². The highest BCUT2D eigenvalue weighted by atomic mass is 19.1. The molecule has 1 atom stereocenters. The Kier molecular flexibility index (Phi) is 3.92. The van der Waals surface area contributed by atoms with Gasteiger partial charge >= 0.3 is 0 Å². The summed E-state index contributed by atoms with van der Waals surface area (Å²) in [4.78, 5) is 16.0. The number of ether oxygens (including phenoxy) is 1. The molecule has 4 rings (SSSR count). The van der Waals surface area contributed by atoms with Crippen molar-refractivity contribution < 1.29 is 13.9 Å². The average molecular weight is 338 g/mol. The second-order valence-corrected chi connectivity index (χ2v) is 6.40. The van der Waals surface area contributed by atoms with Crippen LogP contribution >= 0.6 is 0 Å². The van der Waals surface area contributed by atoms with Crippen LogP contribution in [0.5, 0.6) is 5.75 Å². The minimum atomic E-state index is -0.413. The minimum absolute atomic E-state index is 0.131. The lowest BCUT2D eigenvalue weighted by Gasteiger charge is -2.22. The van der Waals surface area contributed by atoms with Crippen molar-refractivity contribution in [1.82, 2.24) is 4.98 Å². The molecule has 25 heavy (non-hydrogen) atoms. The van der Waals surface area contributed by atoms with E-state index in [2.05, 4.69) is 10.3 Å². The highest BCUT2D eigenvalue weighted by Crippen LogP contribution is 2.34. The number of halogens is 1. The second kappa shape index (κ2) is 6.24. The van der Waals surface area contributed by atoms with E-state index in [1.807, 2.05) is 18.2 Å². The summed E-state index contributed by atoms with van der Waals surface area (Å²) in [5, 5.41) is 3.82. The zero-order valence-electron chi connectivity index (χ0n) is 13.9. The van der Waals surface area contributed by atoms with Gasteiger partial charge in [0.25, 0.3) is 0 Å². The van der Waals surface area contributed by atoms with Crippen LogP contribution in [0.4, 0.5) is 10.1 Å². The van der Waals surface area contributed by atoms with Gasteiger partial charge in [-0.05, 0) is 55.2 Å². The molecule has 3 aromatic rings. The lowest BCUT2D eigenvalue weighted by molar-refractivity contribution is -0.120. The number of aromatic nitrogens is 1. The van der Waals surface area contributed by atoms with Crippen molar-refractivity contribution in [3.63, 3.8) is 0 Å². The number of H-pyrrole nitrogens is 1. The van der Waals surface area contributed by atoms with Crippen LogP contribution in [0.1, 0.15) is 17.7 Å². The van der Waals surface area contributed by atoms with E-state index in [0.29, 0.717) is 6.42 Å². The monoisotopic (exact) mass is 338 g/mol. The molecule has 1 heterocycles. The molecule has 1 aliphatic rings. The van der Waals surface area contributed by atoms with E-state index in [-0.39, 0.29) is 17.5 Å². The lowest BCUT2D eigenvalue weighted by atomic mass is 9.85. The van der Waals surface area contributed by atoms with Crippen molar-refractivity contribution in [1.29, 1.82) is 0 Å². The Morgan fingerprint density at radius 2 is 2.12 bits per heavy atom. The highest BCUT2D eigenvalue weighted by molar-refractivity contribution is 5.94. The summed E-state index contributed by atoms with van der Waals surface area (Å²) in [6, 6.07) is 12.2. The number of benzene rings is 2. The maximum Gasteiger partial charge on any atom is 0.227 e. The van der Waals surface area contributed by atoms with Crippen molar-refractivity contribution in [3.8, 4) is 5.75 Å². The van der Waals surface area contributed by atoms with Gasteiger partial charge in [-0.1, -0.05) is 12.1 Å². The Hall–Kier alpha value is -2.82. The summed E-state index contributed by atoms with van der Waals surface area (Å²) in [5.41, 5.74) is 3.63. The predicted molar refractivity (Wildman–Crippen MR) is 95.4 cm³/mol. The van der Waals surface area contributed by atoms with E-state index in [1.54, 1.807) is 25.3 Å². The number of amides is 1. The maximum atomic E-state index is 13.8. The molecule has 1 aliphatic carbocycles. The molecule has 1 amide bonds. The van der Waals surface area contributed by atoms with E-state index >= 15 is 0 Å². The van der Waals surface area contributed by atoms with Gasteiger partial charge in [-0.15, -0.1) is 0 Å². The summed E-state index contributed by atoms with van der Waals surface area (Å²) in [6.45, 7) is 0. The zero-order valence-corrected chi connectivity index (χ0v) is 13.9.